The lowest BCUT2D eigenvalue weighted by atomic mass is 10.2. The molecule has 1 atom stereocenters. The number of rotatable bonds is 9. The van der Waals surface area contributed by atoms with Crippen molar-refractivity contribution in [3.8, 4) is 0 Å². The highest BCUT2D eigenvalue weighted by molar-refractivity contribution is 7.10. The molecule has 0 saturated heterocycles. The average molecular weight is 362 g/mol. The van der Waals surface area contributed by atoms with Crippen LogP contribution < -0.4 is 10.6 Å². The fourth-order valence-electron chi connectivity index (χ4n) is 2.41. The molecule has 2 N–H and O–H groups in total. The van der Waals surface area contributed by atoms with Crippen LogP contribution >= 0.6 is 11.3 Å². The number of anilines is 1. The Hall–Kier alpha value is -2.45. The Morgan fingerprint density at radius 2 is 2.04 bits per heavy atom. The van der Waals surface area contributed by atoms with E-state index in [2.05, 4.69) is 21.6 Å². The van der Waals surface area contributed by atoms with Gasteiger partial charge in [-0.15, -0.1) is 11.3 Å². The first-order valence-corrected chi connectivity index (χ1v) is 8.81. The van der Waals surface area contributed by atoms with Crippen molar-refractivity contribution in [2.24, 2.45) is 0 Å². The van der Waals surface area contributed by atoms with Crippen LogP contribution in [0.25, 0.3) is 0 Å². The van der Waals surface area contributed by atoms with Gasteiger partial charge in [-0.05, 0) is 31.6 Å². The van der Waals surface area contributed by atoms with E-state index in [0.717, 1.165) is 0 Å². The summed E-state index contributed by atoms with van der Waals surface area (Å²) in [5.41, 5.74) is 0.429. The maximum Gasteiger partial charge on any atom is 0.292 e. The third-order valence-electron chi connectivity index (χ3n) is 3.76. The van der Waals surface area contributed by atoms with Gasteiger partial charge in [0.25, 0.3) is 5.69 Å². The zero-order valence-electron chi connectivity index (χ0n) is 14.3. The van der Waals surface area contributed by atoms with Gasteiger partial charge in [-0.25, -0.2) is 0 Å². The molecule has 7 nitrogen and oxygen atoms in total. The number of nitro groups is 1. The van der Waals surface area contributed by atoms with Gasteiger partial charge in [0.1, 0.15) is 5.69 Å². The largest absolute Gasteiger partial charge is 0.379 e. The zero-order chi connectivity index (χ0) is 18.2. The smallest absolute Gasteiger partial charge is 0.292 e. The maximum absolute atomic E-state index is 12.0. The molecule has 1 heterocycles. The number of hydrogen-bond acceptors (Lipinski definition) is 6. The van der Waals surface area contributed by atoms with Gasteiger partial charge in [-0.1, -0.05) is 18.2 Å². The lowest BCUT2D eigenvalue weighted by molar-refractivity contribution is -0.384. The summed E-state index contributed by atoms with van der Waals surface area (Å²) in [4.78, 5) is 25.8. The predicted octanol–water partition coefficient (Wildman–Crippen LogP) is 2.88. The first kappa shape index (κ1) is 18.9. The molecule has 0 spiro atoms. The molecular formula is C17H22N4O3S. The van der Waals surface area contributed by atoms with Crippen LogP contribution in [0.2, 0.25) is 0 Å². The fraction of sp³-hybridized carbons (Fsp3) is 0.353. The molecule has 1 aromatic heterocycles. The van der Waals surface area contributed by atoms with Gasteiger partial charge in [0.15, 0.2) is 0 Å². The first-order chi connectivity index (χ1) is 12.0. The quantitative estimate of drug-likeness (QED) is 0.529. The molecule has 0 bridgehead atoms. The fourth-order valence-corrected chi connectivity index (χ4v) is 3.33. The van der Waals surface area contributed by atoms with Crippen molar-refractivity contribution in [1.29, 1.82) is 0 Å². The molecule has 0 radical (unpaired) electrons. The van der Waals surface area contributed by atoms with Crippen molar-refractivity contribution < 1.29 is 9.72 Å². The summed E-state index contributed by atoms with van der Waals surface area (Å²) in [5, 5.41) is 18.9. The van der Waals surface area contributed by atoms with Gasteiger partial charge < -0.3 is 15.5 Å². The standard InChI is InChI=1S/C17H22N4O3S/c1-20(2)15(16-8-5-11-25-16)12-19-17(22)9-10-18-13-6-3-4-7-14(13)21(23)24/h3-8,11,15,18H,9-10,12H2,1-2H3,(H,19,22). The molecule has 2 aromatic rings. The molecule has 1 amide bonds. The van der Waals surface area contributed by atoms with Gasteiger partial charge in [-0.2, -0.15) is 0 Å². The lowest BCUT2D eigenvalue weighted by Gasteiger charge is -2.23. The minimum atomic E-state index is -0.439. The molecular weight excluding hydrogens is 340 g/mol. The SMILES string of the molecule is CN(C)C(CNC(=O)CCNc1ccccc1[N+](=O)[O-])c1cccs1. The number of hydrogen-bond donors (Lipinski definition) is 2. The van der Waals surface area contributed by atoms with Gasteiger partial charge in [0.05, 0.1) is 11.0 Å². The molecule has 0 aliphatic carbocycles. The number of carbonyl (C=O) groups is 1. The number of nitro benzene ring substituents is 1. The highest BCUT2D eigenvalue weighted by atomic mass is 32.1. The average Bonchev–Trinajstić information content (AvgIpc) is 3.09. The number of para-hydroxylation sites is 2. The van der Waals surface area contributed by atoms with E-state index in [1.165, 1.54) is 10.9 Å². The number of nitrogens with zero attached hydrogens (tertiary/aromatic N) is 2. The minimum absolute atomic E-state index is 0.00766. The van der Waals surface area contributed by atoms with E-state index >= 15 is 0 Å². The Balaban J connectivity index is 1.80. The molecule has 25 heavy (non-hydrogen) atoms. The van der Waals surface area contributed by atoms with Crippen LogP contribution in [0.4, 0.5) is 11.4 Å². The summed E-state index contributed by atoms with van der Waals surface area (Å²) in [5.74, 6) is -0.0884. The summed E-state index contributed by atoms with van der Waals surface area (Å²) >= 11 is 1.66. The number of likely N-dealkylation sites (N-methyl/N-ethyl adjacent to an activating group) is 1. The summed E-state index contributed by atoms with van der Waals surface area (Å²) in [6.45, 7) is 0.861. The van der Waals surface area contributed by atoms with E-state index in [0.29, 0.717) is 18.8 Å². The Morgan fingerprint density at radius 3 is 2.68 bits per heavy atom. The van der Waals surface area contributed by atoms with Gasteiger partial charge in [0, 0.05) is 30.5 Å². The van der Waals surface area contributed by atoms with E-state index in [9.17, 15) is 14.9 Å². The second-order valence-electron chi connectivity index (χ2n) is 5.75. The van der Waals surface area contributed by atoms with Crippen molar-refractivity contribution in [1.82, 2.24) is 10.2 Å². The van der Waals surface area contributed by atoms with Gasteiger partial charge in [-0.3, -0.25) is 14.9 Å². The molecule has 134 valence electrons. The second-order valence-corrected chi connectivity index (χ2v) is 6.73. The van der Waals surface area contributed by atoms with Crippen molar-refractivity contribution in [3.63, 3.8) is 0 Å². The van der Waals surface area contributed by atoms with E-state index in [-0.39, 0.29) is 24.1 Å². The molecule has 0 aliphatic rings. The number of thiophene rings is 1. The van der Waals surface area contributed by atoms with Crippen LogP contribution in [0, 0.1) is 10.1 Å². The third-order valence-corrected chi connectivity index (χ3v) is 4.73. The van der Waals surface area contributed by atoms with Crippen LogP contribution in [0.3, 0.4) is 0 Å². The molecule has 1 unspecified atom stereocenters. The predicted molar refractivity (Wildman–Crippen MR) is 100.0 cm³/mol. The Morgan fingerprint density at radius 1 is 1.28 bits per heavy atom. The highest BCUT2D eigenvalue weighted by Crippen LogP contribution is 2.23. The minimum Gasteiger partial charge on any atom is -0.379 e. The van der Waals surface area contributed by atoms with Crippen LogP contribution in [0.5, 0.6) is 0 Å². The Kier molecular flexibility index (Phi) is 6.91. The van der Waals surface area contributed by atoms with Crippen LogP contribution in [0.15, 0.2) is 41.8 Å². The number of carbonyl (C=O) groups excluding carboxylic acids is 1. The number of nitrogens with one attached hydrogen (secondary N) is 2. The zero-order valence-corrected chi connectivity index (χ0v) is 15.1. The second kappa shape index (κ2) is 9.14. The Bertz CT molecular complexity index is 704. The monoisotopic (exact) mass is 362 g/mol. The van der Waals surface area contributed by atoms with Crippen LogP contribution in [-0.4, -0.2) is 42.9 Å². The first-order valence-electron chi connectivity index (χ1n) is 7.93. The van der Waals surface area contributed by atoms with Crippen molar-refractivity contribution in [2.75, 3.05) is 32.5 Å². The maximum atomic E-state index is 12.0. The van der Waals surface area contributed by atoms with Gasteiger partial charge >= 0.3 is 0 Å². The Labute approximate surface area is 150 Å². The van der Waals surface area contributed by atoms with E-state index in [4.69, 9.17) is 0 Å². The van der Waals surface area contributed by atoms with E-state index in [1.54, 1.807) is 29.5 Å². The topological polar surface area (TPSA) is 87.5 Å². The number of benzene rings is 1. The van der Waals surface area contributed by atoms with Gasteiger partial charge in [0.2, 0.25) is 5.91 Å². The third kappa shape index (κ3) is 5.54. The van der Waals surface area contributed by atoms with E-state index in [1.807, 2.05) is 25.5 Å². The molecule has 1 aromatic carbocycles. The summed E-state index contributed by atoms with van der Waals surface area (Å²) in [6, 6.07) is 10.6. The summed E-state index contributed by atoms with van der Waals surface area (Å²) in [6.07, 6.45) is 0.247. The summed E-state index contributed by atoms with van der Waals surface area (Å²) in [7, 11) is 3.96. The molecule has 2 rings (SSSR count). The molecule has 0 fully saturated rings. The normalized spacial score (nSPS) is 12.0. The van der Waals surface area contributed by atoms with Crippen LogP contribution in [0.1, 0.15) is 17.3 Å². The van der Waals surface area contributed by atoms with Crippen LogP contribution in [-0.2, 0) is 4.79 Å². The molecule has 0 saturated carbocycles. The summed E-state index contributed by atoms with van der Waals surface area (Å²) < 4.78 is 0. The lowest BCUT2D eigenvalue weighted by Crippen LogP contribution is -2.34. The van der Waals surface area contributed by atoms with Crippen molar-refractivity contribution in [2.45, 2.75) is 12.5 Å². The van der Waals surface area contributed by atoms with Crippen molar-refractivity contribution in [3.05, 3.63) is 56.8 Å². The molecule has 8 heteroatoms. The number of amides is 1. The molecule has 0 aliphatic heterocycles. The van der Waals surface area contributed by atoms with E-state index < -0.39 is 4.92 Å². The van der Waals surface area contributed by atoms with Crippen molar-refractivity contribution >= 4 is 28.6 Å². The highest BCUT2D eigenvalue weighted by Gasteiger charge is 2.16.